The largest absolute Gasteiger partial charge is 0.389 e. The molecule has 0 amide bonds. The van der Waals surface area contributed by atoms with Crippen LogP contribution in [0.2, 0.25) is 0 Å². The van der Waals surface area contributed by atoms with Gasteiger partial charge in [-0.25, -0.2) is 0 Å². The Hall–Kier alpha value is -0.160. The third-order valence-corrected chi connectivity index (χ3v) is 4.07. The van der Waals surface area contributed by atoms with E-state index in [1.54, 1.807) is 0 Å². The number of hydrogen-bond acceptors (Lipinski definition) is 4. The average molecular weight is 273 g/mol. The first-order valence-corrected chi connectivity index (χ1v) is 7.68. The number of hydrogen-bond donors (Lipinski definition) is 3. The van der Waals surface area contributed by atoms with Crippen LogP contribution >= 0.6 is 0 Å². The van der Waals surface area contributed by atoms with Crippen molar-refractivity contribution in [3.05, 3.63) is 0 Å². The molecule has 4 nitrogen and oxygen atoms in total. The highest BCUT2D eigenvalue weighted by molar-refractivity contribution is 4.87. The van der Waals surface area contributed by atoms with Crippen molar-refractivity contribution in [2.24, 2.45) is 5.92 Å². The Labute approximate surface area is 117 Å². The van der Waals surface area contributed by atoms with Gasteiger partial charge in [0, 0.05) is 13.1 Å². The van der Waals surface area contributed by atoms with Crippen LogP contribution in [0.1, 0.15) is 52.9 Å². The van der Waals surface area contributed by atoms with Gasteiger partial charge in [0.15, 0.2) is 0 Å². The van der Waals surface area contributed by atoms with E-state index in [1.807, 2.05) is 13.8 Å². The Morgan fingerprint density at radius 1 is 1.32 bits per heavy atom. The molecule has 0 radical (unpaired) electrons. The molecule has 1 rings (SSSR count). The first-order chi connectivity index (χ1) is 8.95. The fourth-order valence-electron chi connectivity index (χ4n) is 2.63. The SMILES string of the molecule is CCC1CCC(O)(CNCC(O)COC(C)C)CC1. The summed E-state index contributed by atoms with van der Waals surface area (Å²) in [4.78, 5) is 0. The lowest BCUT2D eigenvalue weighted by atomic mass is 9.78. The molecule has 1 atom stereocenters. The minimum absolute atomic E-state index is 0.142. The molecule has 1 aliphatic carbocycles. The van der Waals surface area contributed by atoms with Crippen molar-refractivity contribution in [1.29, 1.82) is 0 Å². The van der Waals surface area contributed by atoms with Crippen LogP contribution in [0.3, 0.4) is 0 Å². The third kappa shape index (κ3) is 6.70. The van der Waals surface area contributed by atoms with Gasteiger partial charge in [-0.05, 0) is 45.4 Å². The van der Waals surface area contributed by atoms with Gasteiger partial charge in [0.1, 0.15) is 0 Å². The van der Waals surface area contributed by atoms with E-state index in [0.29, 0.717) is 19.7 Å². The van der Waals surface area contributed by atoms with E-state index < -0.39 is 11.7 Å². The summed E-state index contributed by atoms with van der Waals surface area (Å²) in [5.74, 6) is 0.783. The second-order valence-corrected chi connectivity index (χ2v) is 6.24. The van der Waals surface area contributed by atoms with E-state index in [9.17, 15) is 10.2 Å². The van der Waals surface area contributed by atoms with Gasteiger partial charge < -0.3 is 20.3 Å². The van der Waals surface area contributed by atoms with Gasteiger partial charge in [-0.2, -0.15) is 0 Å². The summed E-state index contributed by atoms with van der Waals surface area (Å²) in [6.07, 6.45) is 4.84. The maximum atomic E-state index is 10.4. The molecule has 1 unspecified atom stereocenters. The normalized spacial score (nSPS) is 29.7. The van der Waals surface area contributed by atoms with Gasteiger partial charge in [0.25, 0.3) is 0 Å². The second-order valence-electron chi connectivity index (χ2n) is 6.24. The van der Waals surface area contributed by atoms with Crippen LogP contribution in [-0.4, -0.2) is 47.7 Å². The van der Waals surface area contributed by atoms with Gasteiger partial charge in [-0.1, -0.05) is 13.3 Å². The predicted molar refractivity (Wildman–Crippen MR) is 77.2 cm³/mol. The minimum atomic E-state index is -0.579. The van der Waals surface area contributed by atoms with Crippen LogP contribution in [0.4, 0.5) is 0 Å². The van der Waals surface area contributed by atoms with E-state index in [4.69, 9.17) is 4.74 Å². The van der Waals surface area contributed by atoms with Crippen LogP contribution in [0, 0.1) is 5.92 Å². The summed E-state index contributed by atoms with van der Waals surface area (Å²) < 4.78 is 5.35. The number of aliphatic hydroxyl groups is 2. The van der Waals surface area contributed by atoms with E-state index in [2.05, 4.69) is 12.2 Å². The van der Waals surface area contributed by atoms with Gasteiger partial charge in [-0.3, -0.25) is 0 Å². The highest BCUT2D eigenvalue weighted by Crippen LogP contribution is 2.33. The molecule has 0 heterocycles. The fraction of sp³-hybridized carbons (Fsp3) is 1.00. The average Bonchev–Trinajstić information content (AvgIpc) is 2.37. The van der Waals surface area contributed by atoms with Crippen molar-refractivity contribution in [2.75, 3.05) is 19.7 Å². The molecule has 0 bridgehead atoms. The molecule has 114 valence electrons. The lowest BCUT2D eigenvalue weighted by Gasteiger charge is -2.36. The summed E-state index contributed by atoms with van der Waals surface area (Å²) in [6.45, 7) is 7.53. The van der Waals surface area contributed by atoms with Crippen LogP contribution in [-0.2, 0) is 4.74 Å². The zero-order valence-electron chi connectivity index (χ0n) is 12.7. The van der Waals surface area contributed by atoms with Crippen molar-refractivity contribution in [3.63, 3.8) is 0 Å². The first kappa shape index (κ1) is 16.9. The predicted octanol–water partition coefficient (Wildman–Crippen LogP) is 1.69. The standard InChI is InChI=1S/C15H31NO3/c1-4-13-5-7-15(18,8-6-13)11-16-9-14(17)10-19-12(2)3/h12-14,16-18H,4-11H2,1-3H3. The summed E-state index contributed by atoms with van der Waals surface area (Å²) >= 11 is 0. The Kier molecular flexibility index (Phi) is 7.29. The smallest absolute Gasteiger partial charge is 0.0897 e. The molecule has 0 aromatic carbocycles. The third-order valence-electron chi connectivity index (χ3n) is 4.07. The fourth-order valence-corrected chi connectivity index (χ4v) is 2.63. The molecule has 0 saturated heterocycles. The zero-order chi connectivity index (χ0) is 14.3. The van der Waals surface area contributed by atoms with Crippen molar-refractivity contribution in [3.8, 4) is 0 Å². The van der Waals surface area contributed by atoms with Gasteiger partial charge >= 0.3 is 0 Å². The molecule has 1 saturated carbocycles. The van der Waals surface area contributed by atoms with Gasteiger partial charge in [-0.15, -0.1) is 0 Å². The van der Waals surface area contributed by atoms with Gasteiger partial charge in [0.05, 0.1) is 24.4 Å². The summed E-state index contributed by atoms with van der Waals surface area (Å²) in [7, 11) is 0. The number of aliphatic hydroxyl groups excluding tert-OH is 1. The molecule has 0 aliphatic heterocycles. The molecule has 4 heteroatoms. The molecular formula is C15H31NO3. The molecule has 0 aromatic heterocycles. The first-order valence-electron chi connectivity index (χ1n) is 7.68. The van der Waals surface area contributed by atoms with E-state index in [1.165, 1.54) is 6.42 Å². The van der Waals surface area contributed by atoms with E-state index in [0.717, 1.165) is 31.6 Å². The minimum Gasteiger partial charge on any atom is -0.389 e. The van der Waals surface area contributed by atoms with Crippen molar-refractivity contribution in [1.82, 2.24) is 5.32 Å². The van der Waals surface area contributed by atoms with Crippen molar-refractivity contribution >= 4 is 0 Å². The molecule has 3 N–H and O–H groups in total. The number of rotatable bonds is 8. The Balaban J connectivity index is 2.14. The highest BCUT2D eigenvalue weighted by Gasteiger charge is 2.32. The zero-order valence-corrected chi connectivity index (χ0v) is 12.7. The highest BCUT2D eigenvalue weighted by atomic mass is 16.5. The van der Waals surface area contributed by atoms with Crippen LogP contribution < -0.4 is 5.32 Å². The summed E-state index contributed by atoms with van der Waals surface area (Å²) in [5.41, 5.74) is -0.579. The molecule has 1 fully saturated rings. The van der Waals surface area contributed by atoms with Crippen molar-refractivity contribution < 1.29 is 14.9 Å². The molecule has 19 heavy (non-hydrogen) atoms. The lowest BCUT2D eigenvalue weighted by Crippen LogP contribution is -2.45. The topological polar surface area (TPSA) is 61.7 Å². The second kappa shape index (κ2) is 8.20. The molecule has 0 aromatic rings. The monoisotopic (exact) mass is 273 g/mol. The maximum Gasteiger partial charge on any atom is 0.0897 e. The van der Waals surface area contributed by atoms with Crippen LogP contribution in [0.15, 0.2) is 0 Å². The molecule has 0 spiro atoms. The number of ether oxygens (including phenoxy) is 1. The van der Waals surface area contributed by atoms with Crippen LogP contribution in [0.5, 0.6) is 0 Å². The quantitative estimate of drug-likeness (QED) is 0.630. The van der Waals surface area contributed by atoms with Gasteiger partial charge in [0.2, 0.25) is 0 Å². The van der Waals surface area contributed by atoms with E-state index >= 15 is 0 Å². The van der Waals surface area contributed by atoms with Crippen molar-refractivity contribution in [2.45, 2.75) is 70.7 Å². The Bertz CT molecular complexity index is 238. The summed E-state index contributed by atoms with van der Waals surface area (Å²) in [6, 6.07) is 0. The summed E-state index contributed by atoms with van der Waals surface area (Å²) in [5, 5.41) is 23.3. The number of nitrogens with one attached hydrogen (secondary N) is 1. The van der Waals surface area contributed by atoms with E-state index in [-0.39, 0.29) is 6.10 Å². The molecular weight excluding hydrogens is 242 g/mol. The maximum absolute atomic E-state index is 10.4. The Morgan fingerprint density at radius 3 is 2.47 bits per heavy atom. The lowest BCUT2D eigenvalue weighted by molar-refractivity contribution is -0.0181. The molecule has 1 aliphatic rings. The van der Waals surface area contributed by atoms with Crippen LogP contribution in [0.25, 0.3) is 0 Å². The Morgan fingerprint density at radius 2 is 1.95 bits per heavy atom.